The second-order valence-corrected chi connectivity index (χ2v) is 5.13. The number of halogens is 1. The van der Waals surface area contributed by atoms with E-state index in [-0.39, 0.29) is 16.7 Å². The van der Waals surface area contributed by atoms with E-state index < -0.39 is 11.7 Å². The maximum atomic E-state index is 13.5. The normalized spacial score (nSPS) is 13.6. The number of carbonyl (C=O) groups is 1. The zero-order chi connectivity index (χ0) is 14.8. The zero-order valence-electron chi connectivity index (χ0n) is 11.4. The van der Waals surface area contributed by atoms with E-state index in [1.54, 1.807) is 6.07 Å². The number of pyridine rings is 1. The van der Waals surface area contributed by atoms with Crippen LogP contribution in [0.15, 0.2) is 35.3 Å². The lowest BCUT2D eigenvalue weighted by Crippen LogP contribution is -2.27. The summed E-state index contributed by atoms with van der Waals surface area (Å²) in [5.74, 6) is -1.12. The summed E-state index contributed by atoms with van der Waals surface area (Å²) in [6, 6.07) is 5.87. The first-order valence-electron chi connectivity index (χ1n) is 6.96. The molecule has 1 aliphatic carbocycles. The summed E-state index contributed by atoms with van der Waals surface area (Å²) in [5, 5.41) is 2.44. The highest BCUT2D eigenvalue weighted by Gasteiger charge is 2.19. The predicted molar refractivity (Wildman–Crippen MR) is 78.1 cm³/mol. The Morgan fingerprint density at radius 1 is 1.19 bits per heavy atom. The number of aryl methyl sites for hydroxylation is 1. The number of aromatic nitrogens is 1. The summed E-state index contributed by atoms with van der Waals surface area (Å²) < 4.78 is 13.5. The van der Waals surface area contributed by atoms with Crippen LogP contribution in [0.1, 0.15) is 34.5 Å². The molecule has 5 heteroatoms. The van der Waals surface area contributed by atoms with Crippen LogP contribution in [-0.2, 0) is 12.8 Å². The Balaban J connectivity index is 1.92. The Hall–Kier alpha value is -2.43. The molecule has 21 heavy (non-hydrogen) atoms. The van der Waals surface area contributed by atoms with Crippen LogP contribution in [0.2, 0.25) is 0 Å². The highest BCUT2D eigenvalue weighted by molar-refractivity contribution is 6.04. The predicted octanol–water partition coefficient (Wildman–Crippen LogP) is 2.65. The van der Waals surface area contributed by atoms with E-state index in [1.807, 2.05) is 0 Å². The molecule has 2 aromatic rings. The molecule has 0 unspecified atom stereocenters. The third-order valence-corrected chi connectivity index (χ3v) is 3.74. The Bertz CT molecular complexity index is 752. The molecule has 0 saturated heterocycles. The molecule has 1 heterocycles. The SMILES string of the molecule is O=C(Nc1ccccc1F)c1c[nH]c2c(c1=O)CCCC2. The average molecular weight is 286 g/mol. The fourth-order valence-corrected chi connectivity index (χ4v) is 2.62. The van der Waals surface area contributed by atoms with E-state index in [0.29, 0.717) is 12.0 Å². The van der Waals surface area contributed by atoms with Gasteiger partial charge in [-0.1, -0.05) is 12.1 Å². The first-order valence-corrected chi connectivity index (χ1v) is 6.96. The van der Waals surface area contributed by atoms with Gasteiger partial charge in [0.05, 0.1) is 5.69 Å². The highest BCUT2D eigenvalue weighted by Crippen LogP contribution is 2.17. The molecule has 4 nitrogen and oxygen atoms in total. The largest absolute Gasteiger partial charge is 0.364 e. The smallest absolute Gasteiger partial charge is 0.261 e. The van der Waals surface area contributed by atoms with Crippen LogP contribution in [0.5, 0.6) is 0 Å². The lowest BCUT2D eigenvalue weighted by Gasteiger charge is -2.15. The number of para-hydroxylation sites is 1. The molecule has 0 spiro atoms. The van der Waals surface area contributed by atoms with Gasteiger partial charge in [0.25, 0.3) is 5.91 Å². The fraction of sp³-hybridized carbons (Fsp3) is 0.250. The lowest BCUT2D eigenvalue weighted by atomic mass is 9.94. The van der Waals surface area contributed by atoms with Gasteiger partial charge in [0, 0.05) is 17.5 Å². The van der Waals surface area contributed by atoms with Crippen LogP contribution in [-0.4, -0.2) is 10.9 Å². The van der Waals surface area contributed by atoms with Crippen molar-refractivity contribution in [1.29, 1.82) is 0 Å². The number of hydrogen-bond acceptors (Lipinski definition) is 2. The molecule has 0 radical (unpaired) electrons. The van der Waals surface area contributed by atoms with Crippen LogP contribution in [0, 0.1) is 5.82 Å². The van der Waals surface area contributed by atoms with Crippen molar-refractivity contribution in [2.75, 3.05) is 5.32 Å². The van der Waals surface area contributed by atoms with Gasteiger partial charge in [0.1, 0.15) is 11.4 Å². The number of benzene rings is 1. The first kappa shape index (κ1) is 13.5. The number of fused-ring (bicyclic) bond motifs is 1. The van der Waals surface area contributed by atoms with E-state index in [0.717, 1.165) is 25.0 Å². The molecule has 0 bridgehead atoms. The minimum Gasteiger partial charge on any atom is -0.364 e. The van der Waals surface area contributed by atoms with Crippen LogP contribution in [0.4, 0.5) is 10.1 Å². The molecule has 108 valence electrons. The van der Waals surface area contributed by atoms with Crippen molar-refractivity contribution >= 4 is 11.6 Å². The summed E-state index contributed by atoms with van der Waals surface area (Å²) >= 11 is 0. The number of amides is 1. The van der Waals surface area contributed by atoms with Gasteiger partial charge >= 0.3 is 0 Å². The molecule has 0 atom stereocenters. The lowest BCUT2D eigenvalue weighted by molar-refractivity contribution is 0.102. The maximum Gasteiger partial charge on any atom is 0.261 e. The van der Waals surface area contributed by atoms with Crippen molar-refractivity contribution in [2.45, 2.75) is 25.7 Å². The molecule has 0 aliphatic heterocycles. The zero-order valence-corrected chi connectivity index (χ0v) is 11.4. The van der Waals surface area contributed by atoms with Crippen LogP contribution in [0.25, 0.3) is 0 Å². The van der Waals surface area contributed by atoms with Crippen molar-refractivity contribution in [3.63, 3.8) is 0 Å². The molecule has 1 amide bonds. The summed E-state index contributed by atoms with van der Waals surface area (Å²) in [6.07, 6.45) is 4.94. The van der Waals surface area contributed by atoms with Gasteiger partial charge in [-0.05, 0) is 37.8 Å². The highest BCUT2D eigenvalue weighted by atomic mass is 19.1. The average Bonchev–Trinajstić information content (AvgIpc) is 2.50. The summed E-state index contributed by atoms with van der Waals surface area (Å²) in [6.45, 7) is 0. The van der Waals surface area contributed by atoms with Crippen molar-refractivity contribution < 1.29 is 9.18 Å². The Morgan fingerprint density at radius 2 is 1.95 bits per heavy atom. The van der Waals surface area contributed by atoms with E-state index in [4.69, 9.17) is 0 Å². The summed E-state index contributed by atoms with van der Waals surface area (Å²) in [4.78, 5) is 27.6. The van der Waals surface area contributed by atoms with Crippen LogP contribution >= 0.6 is 0 Å². The summed E-state index contributed by atoms with van der Waals surface area (Å²) in [7, 11) is 0. The molecule has 0 fully saturated rings. The van der Waals surface area contributed by atoms with Crippen molar-refractivity contribution in [1.82, 2.24) is 4.98 Å². The maximum absolute atomic E-state index is 13.5. The van der Waals surface area contributed by atoms with Gasteiger partial charge in [-0.25, -0.2) is 4.39 Å². The molecule has 2 N–H and O–H groups in total. The van der Waals surface area contributed by atoms with Crippen LogP contribution < -0.4 is 10.7 Å². The van der Waals surface area contributed by atoms with Gasteiger partial charge in [0.2, 0.25) is 0 Å². The minimum atomic E-state index is -0.588. The molecule has 1 aliphatic rings. The summed E-state index contributed by atoms with van der Waals surface area (Å²) in [5.41, 5.74) is 1.44. The minimum absolute atomic E-state index is 0.0268. The first-order chi connectivity index (χ1) is 10.2. The Morgan fingerprint density at radius 3 is 2.76 bits per heavy atom. The number of aromatic amines is 1. The van der Waals surface area contributed by atoms with E-state index >= 15 is 0 Å². The van der Waals surface area contributed by atoms with E-state index in [2.05, 4.69) is 10.3 Å². The number of carbonyl (C=O) groups excluding carboxylic acids is 1. The monoisotopic (exact) mass is 286 g/mol. The topological polar surface area (TPSA) is 62.0 Å². The number of rotatable bonds is 2. The number of hydrogen-bond donors (Lipinski definition) is 2. The molecular formula is C16H15FN2O2. The van der Waals surface area contributed by atoms with Crippen LogP contribution in [0.3, 0.4) is 0 Å². The van der Waals surface area contributed by atoms with E-state index in [9.17, 15) is 14.0 Å². The Kier molecular flexibility index (Phi) is 3.56. The third-order valence-electron chi connectivity index (χ3n) is 3.74. The second-order valence-electron chi connectivity index (χ2n) is 5.13. The fourth-order valence-electron chi connectivity index (χ4n) is 2.62. The molecule has 0 saturated carbocycles. The van der Waals surface area contributed by atoms with Crippen molar-refractivity contribution in [3.8, 4) is 0 Å². The van der Waals surface area contributed by atoms with Crippen molar-refractivity contribution in [3.05, 3.63) is 63.3 Å². The Labute approximate surface area is 121 Å². The second kappa shape index (κ2) is 5.52. The number of anilines is 1. The molecular weight excluding hydrogens is 271 g/mol. The third kappa shape index (κ3) is 2.59. The van der Waals surface area contributed by atoms with Gasteiger partial charge in [0.15, 0.2) is 5.43 Å². The standard InChI is InChI=1S/C16H15FN2O2/c17-12-6-2-4-8-14(12)19-16(21)11-9-18-13-7-3-1-5-10(13)15(11)20/h2,4,6,8-9H,1,3,5,7H2,(H,18,20)(H,19,21). The number of nitrogens with one attached hydrogen (secondary N) is 2. The van der Waals surface area contributed by atoms with Crippen molar-refractivity contribution in [2.24, 2.45) is 0 Å². The molecule has 1 aromatic carbocycles. The van der Waals surface area contributed by atoms with Gasteiger partial charge in [-0.3, -0.25) is 9.59 Å². The molecule has 3 rings (SSSR count). The molecule has 1 aromatic heterocycles. The van der Waals surface area contributed by atoms with Gasteiger partial charge < -0.3 is 10.3 Å². The van der Waals surface area contributed by atoms with Gasteiger partial charge in [-0.2, -0.15) is 0 Å². The number of H-pyrrole nitrogens is 1. The quantitative estimate of drug-likeness (QED) is 0.891. The van der Waals surface area contributed by atoms with Gasteiger partial charge in [-0.15, -0.1) is 0 Å². The van der Waals surface area contributed by atoms with E-state index in [1.165, 1.54) is 24.4 Å².